The quantitative estimate of drug-likeness (QED) is 0.702. The lowest BCUT2D eigenvalue weighted by molar-refractivity contribution is 0.214. The molecule has 0 aliphatic heterocycles. The van der Waals surface area contributed by atoms with E-state index in [0.717, 1.165) is 24.6 Å². The van der Waals surface area contributed by atoms with Gasteiger partial charge in [-0.3, -0.25) is 0 Å². The number of para-hydroxylation sites is 1. The number of hydrogen-bond acceptors (Lipinski definition) is 2. The average molecular weight is 303 g/mol. The first-order valence-electron chi connectivity index (χ1n) is 9.17. The highest BCUT2D eigenvalue weighted by molar-refractivity contribution is 5.33. The Balaban J connectivity index is 1.82. The molecule has 2 nitrogen and oxygen atoms in total. The van der Waals surface area contributed by atoms with Gasteiger partial charge in [0.1, 0.15) is 5.75 Å². The van der Waals surface area contributed by atoms with Crippen LogP contribution in [0.5, 0.6) is 5.75 Å². The third kappa shape index (κ3) is 5.64. The first kappa shape index (κ1) is 17.3. The first-order chi connectivity index (χ1) is 10.7. The van der Waals surface area contributed by atoms with Crippen LogP contribution in [0.2, 0.25) is 0 Å². The van der Waals surface area contributed by atoms with E-state index in [1.165, 1.54) is 44.1 Å². The first-order valence-corrected chi connectivity index (χ1v) is 9.17. The molecule has 1 aliphatic carbocycles. The van der Waals surface area contributed by atoms with Crippen molar-refractivity contribution >= 4 is 0 Å². The van der Waals surface area contributed by atoms with E-state index < -0.39 is 0 Å². The Morgan fingerprint density at radius 1 is 1.14 bits per heavy atom. The van der Waals surface area contributed by atoms with E-state index in [1.807, 2.05) is 0 Å². The van der Waals surface area contributed by atoms with Gasteiger partial charge in [0.05, 0.1) is 6.10 Å². The molecule has 0 spiro atoms. The van der Waals surface area contributed by atoms with Crippen molar-refractivity contribution < 1.29 is 4.74 Å². The summed E-state index contributed by atoms with van der Waals surface area (Å²) in [6, 6.07) is 9.02. The van der Waals surface area contributed by atoms with Gasteiger partial charge in [-0.05, 0) is 38.7 Å². The Hall–Kier alpha value is -1.02. The monoisotopic (exact) mass is 303 g/mol. The third-order valence-electron chi connectivity index (χ3n) is 4.93. The van der Waals surface area contributed by atoms with Crippen molar-refractivity contribution in [2.75, 3.05) is 0 Å². The van der Waals surface area contributed by atoms with E-state index in [1.54, 1.807) is 0 Å². The average Bonchev–Trinajstić information content (AvgIpc) is 2.55. The Bertz CT molecular complexity index is 425. The van der Waals surface area contributed by atoms with Crippen molar-refractivity contribution in [3.05, 3.63) is 29.8 Å². The van der Waals surface area contributed by atoms with Crippen molar-refractivity contribution in [1.82, 2.24) is 5.32 Å². The Labute approximate surface area is 136 Å². The van der Waals surface area contributed by atoms with Crippen LogP contribution in [0.3, 0.4) is 0 Å². The van der Waals surface area contributed by atoms with Gasteiger partial charge in [0.25, 0.3) is 0 Å². The molecule has 2 atom stereocenters. The van der Waals surface area contributed by atoms with Crippen LogP contribution >= 0.6 is 0 Å². The summed E-state index contributed by atoms with van der Waals surface area (Å²) in [5.41, 5.74) is 1.28. The van der Waals surface area contributed by atoms with Crippen molar-refractivity contribution in [1.29, 1.82) is 0 Å². The van der Waals surface area contributed by atoms with Gasteiger partial charge >= 0.3 is 0 Å². The second kappa shape index (κ2) is 9.19. The molecule has 1 fully saturated rings. The fourth-order valence-electron chi connectivity index (χ4n) is 3.36. The van der Waals surface area contributed by atoms with Gasteiger partial charge in [-0.1, -0.05) is 57.2 Å². The Kier molecular flexibility index (Phi) is 7.24. The van der Waals surface area contributed by atoms with E-state index in [4.69, 9.17) is 4.74 Å². The van der Waals surface area contributed by atoms with Crippen LogP contribution < -0.4 is 10.1 Å². The standard InChI is InChI=1S/C20H33NO/c1-4-17(3)22-20-13-9-8-12-19(20)15-21-16(2)14-18-10-6-5-7-11-18/h8-9,12-13,16-18,21H,4-7,10-11,14-15H2,1-3H3. The highest BCUT2D eigenvalue weighted by atomic mass is 16.5. The summed E-state index contributed by atoms with van der Waals surface area (Å²) >= 11 is 0. The highest BCUT2D eigenvalue weighted by Gasteiger charge is 2.16. The molecule has 0 heterocycles. The van der Waals surface area contributed by atoms with Crippen molar-refractivity contribution in [2.45, 2.75) is 84.4 Å². The van der Waals surface area contributed by atoms with Crippen LogP contribution in [-0.2, 0) is 6.54 Å². The minimum Gasteiger partial charge on any atom is -0.490 e. The molecule has 124 valence electrons. The van der Waals surface area contributed by atoms with Crippen molar-refractivity contribution in [3.8, 4) is 5.75 Å². The molecule has 0 bridgehead atoms. The van der Waals surface area contributed by atoms with Crippen LogP contribution in [0, 0.1) is 5.92 Å². The van der Waals surface area contributed by atoms with Crippen LogP contribution in [0.4, 0.5) is 0 Å². The van der Waals surface area contributed by atoms with Crippen LogP contribution in [0.25, 0.3) is 0 Å². The van der Waals surface area contributed by atoms with Gasteiger partial charge in [0.2, 0.25) is 0 Å². The molecule has 0 saturated heterocycles. The molecule has 0 aromatic heterocycles. The van der Waals surface area contributed by atoms with E-state index in [0.29, 0.717) is 6.04 Å². The second-order valence-electron chi connectivity index (χ2n) is 6.97. The lowest BCUT2D eigenvalue weighted by atomic mass is 9.85. The predicted octanol–water partition coefficient (Wildman–Crippen LogP) is 5.31. The lowest BCUT2D eigenvalue weighted by Crippen LogP contribution is -2.28. The smallest absolute Gasteiger partial charge is 0.124 e. The lowest BCUT2D eigenvalue weighted by Gasteiger charge is -2.25. The van der Waals surface area contributed by atoms with Gasteiger partial charge < -0.3 is 10.1 Å². The minimum atomic E-state index is 0.279. The normalized spacial score (nSPS) is 18.9. The summed E-state index contributed by atoms with van der Waals surface area (Å²) < 4.78 is 6.04. The molecule has 1 aromatic rings. The van der Waals surface area contributed by atoms with E-state index in [-0.39, 0.29) is 6.10 Å². The Morgan fingerprint density at radius 3 is 2.59 bits per heavy atom. The van der Waals surface area contributed by atoms with E-state index in [2.05, 4.69) is 50.4 Å². The zero-order valence-electron chi connectivity index (χ0n) is 14.6. The summed E-state index contributed by atoms with van der Waals surface area (Å²) in [6.07, 6.45) is 9.80. The van der Waals surface area contributed by atoms with Crippen LogP contribution in [-0.4, -0.2) is 12.1 Å². The molecule has 0 amide bonds. The molecule has 0 radical (unpaired) electrons. The van der Waals surface area contributed by atoms with Crippen LogP contribution in [0.15, 0.2) is 24.3 Å². The largest absolute Gasteiger partial charge is 0.490 e. The minimum absolute atomic E-state index is 0.279. The van der Waals surface area contributed by atoms with Crippen molar-refractivity contribution in [2.24, 2.45) is 5.92 Å². The summed E-state index contributed by atoms with van der Waals surface area (Å²) in [5.74, 6) is 1.97. The molecule has 2 unspecified atom stereocenters. The maximum Gasteiger partial charge on any atom is 0.124 e. The molecule has 1 aromatic carbocycles. The molecule has 2 rings (SSSR count). The molecule has 2 heteroatoms. The molecule has 1 aliphatic rings. The molecular weight excluding hydrogens is 270 g/mol. The van der Waals surface area contributed by atoms with Crippen LogP contribution in [0.1, 0.15) is 71.3 Å². The molecule has 22 heavy (non-hydrogen) atoms. The predicted molar refractivity (Wildman–Crippen MR) is 94.3 cm³/mol. The number of rotatable bonds is 8. The topological polar surface area (TPSA) is 21.3 Å². The number of nitrogens with one attached hydrogen (secondary N) is 1. The second-order valence-corrected chi connectivity index (χ2v) is 6.97. The van der Waals surface area contributed by atoms with Gasteiger partial charge in [-0.25, -0.2) is 0 Å². The number of hydrogen-bond donors (Lipinski definition) is 1. The molecule has 1 saturated carbocycles. The third-order valence-corrected chi connectivity index (χ3v) is 4.93. The molecular formula is C20H33NO. The summed E-state index contributed by atoms with van der Waals surface area (Å²) in [5, 5.41) is 3.70. The fourth-order valence-corrected chi connectivity index (χ4v) is 3.36. The highest BCUT2D eigenvalue weighted by Crippen LogP contribution is 2.27. The zero-order valence-corrected chi connectivity index (χ0v) is 14.6. The van der Waals surface area contributed by atoms with Crippen molar-refractivity contribution in [3.63, 3.8) is 0 Å². The fraction of sp³-hybridized carbons (Fsp3) is 0.700. The summed E-state index contributed by atoms with van der Waals surface area (Å²) in [4.78, 5) is 0. The number of benzene rings is 1. The van der Waals surface area contributed by atoms with E-state index in [9.17, 15) is 0 Å². The maximum absolute atomic E-state index is 6.04. The SMILES string of the molecule is CCC(C)Oc1ccccc1CNC(C)CC1CCCCC1. The summed E-state index contributed by atoms with van der Waals surface area (Å²) in [7, 11) is 0. The van der Waals surface area contributed by atoms with Gasteiger partial charge in [0.15, 0.2) is 0 Å². The Morgan fingerprint density at radius 2 is 1.86 bits per heavy atom. The van der Waals surface area contributed by atoms with E-state index >= 15 is 0 Å². The maximum atomic E-state index is 6.04. The molecule has 1 N–H and O–H groups in total. The zero-order chi connectivity index (χ0) is 15.8. The van der Waals surface area contributed by atoms with Gasteiger partial charge in [0, 0.05) is 18.2 Å². The summed E-state index contributed by atoms with van der Waals surface area (Å²) in [6.45, 7) is 7.53. The van der Waals surface area contributed by atoms with Gasteiger partial charge in [-0.2, -0.15) is 0 Å². The van der Waals surface area contributed by atoms with Gasteiger partial charge in [-0.15, -0.1) is 0 Å². The number of ether oxygens (including phenoxy) is 1.